The molecule has 0 aliphatic rings. The Morgan fingerprint density at radius 3 is 2.56 bits per heavy atom. The summed E-state index contributed by atoms with van der Waals surface area (Å²) in [6.45, 7) is 15.1. The van der Waals surface area contributed by atoms with E-state index in [0.717, 1.165) is 17.2 Å². The second-order valence-corrected chi connectivity index (χ2v) is 9.61. The minimum Gasteiger partial charge on any atom is -0.460 e. The molecule has 1 aromatic heterocycles. The van der Waals surface area contributed by atoms with Gasteiger partial charge in [0.15, 0.2) is 6.29 Å². The summed E-state index contributed by atoms with van der Waals surface area (Å²) in [5.74, 6) is -0.643. The van der Waals surface area contributed by atoms with Gasteiger partial charge in [-0.3, -0.25) is 15.6 Å². The van der Waals surface area contributed by atoms with Crippen LogP contribution in [0.5, 0.6) is 0 Å². The Morgan fingerprint density at radius 2 is 1.92 bits per heavy atom. The predicted octanol–water partition coefficient (Wildman–Crippen LogP) is 4.34. The Morgan fingerprint density at radius 1 is 1.21 bits per heavy atom. The van der Waals surface area contributed by atoms with Gasteiger partial charge in [0.1, 0.15) is 23.2 Å². The molecule has 12 heteroatoms. The highest BCUT2D eigenvalue weighted by Crippen LogP contribution is 2.30. The van der Waals surface area contributed by atoms with Gasteiger partial charge in [-0.2, -0.15) is 9.64 Å². The number of nitrogens with zero attached hydrogens (tertiary/aromatic N) is 3. The van der Waals surface area contributed by atoms with E-state index >= 15 is 0 Å². The molecule has 0 aliphatic heterocycles. The largest absolute Gasteiger partial charge is 0.460 e. The van der Waals surface area contributed by atoms with Gasteiger partial charge in [0.25, 0.3) is 0 Å². The van der Waals surface area contributed by atoms with Gasteiger partial charge in [-0.25, -0.2) is 4.79 Å². The maximum atomic E-state index is 12.5. The van der Waals surface area contributed by atoms with Crippen LogP contribution >= 0.6 is 11.5 Å². The molecule has 0 saturated carbocycles. The van der Waals surface area contributed by atoms with Gasteiger partial charge >= 0.3 is 5.97 Å². The molecule has 1 unspecified atom stereocenters. The lowest BCUT2D eigenvalue weighted by atomic mass is 10.2. The average Bonchev–Trinajstić information content (AvgIpc) is 3.25. The normalized spacial score (nSPS) is 11.2. The molecule has 0 radical (unpaired) electrons. The standard InChI is InChI=1S/C27H36N6O5S/c1-7-8-24(34)29-23-15-20(9-10-22(23)30-31-25-21(16-28)19(6)32-39-25)33(11-13-37-26(35)17(2)3)12-14-38-27(36)18(4)5/h9-10,15,26,30-31,35H,2,4,7-8,11-14H2,1,3,5-6H3,(H,29,34). The quantitative estimate of drug-likeness (QED) is 0.0773. The summed E-state index contributed by atoms with van der Waals surface area (Å²) >= 11 is 1.15. The number of aliphatic hydroxyl groups excluding tert-OH is 1. The summed E-state index contributed by atoms with van der Waals surface area (Å²) in [6.07, 6.45) is -0.0686. The highest BCUT2D eigenvalue weighted by atomic mass is 32.1. The second-order valence-electron chi connectivity index (χ2n) is 8.83. The Kier molecular flexibility index (Phi) is 12.4. The minimum atomic E-state index is -1.09. The highest BCUT2D eigenvalue weighted by Gasteiger charge is 2.16. The fourth-order valence-electron chi connectivity index (χ4n) is 3.25. The number of carbonyl (C=O) groups is 2. The molecule has 11 nitrogen and oxygen atoms in total. The minimum absolute atomic E-state index is 0.0927. The molecule has 210 valence electrons. The third kappa shape index (κ3) is 9.72. The zero-order valence-corrected chi connectivity index (χ0v) is 23.6. The summed E-state index contributed by atoms with van der Waals surface area (Å²) in [5, 5.41) is 22.8. The van der Waals surface area contributed by atoms with Crippen LogP contribution in [0.4, 0.5) is 22.1 Å². The Hall–Kier alpha value is -3.92. The van der Waals surface area contributed by atoms with Crippen LogP contribution in [0.2, 0.25) is 0 Å². The van der Waals surface area contributed by atoms with E-state index < -0.39 is 12.3 Å². The van der Waals surface area contributed by atoms with Crippen LogP contribution in [0.25, 0.3) is 0 Å². The number of hydrogen-bond acceptors (Lipinski definition) is 11. The van der Waals surface area contributed by atoms with E-state index in [1.165, 1.54) is 0 Å². The van der Waals surface area contributed by atoms with E-state index in [9.17, 15) is 20.0 Å². The summed E-state index contributed by atoms with van der Waals surface area (Å²) < 4.78 is 14.9. The van der Waals surface area contributed by atoms with Crippen LogP contribution in [0.1, 0.15) is 44.9 Å². The topological polar surface area (TPSA) is 149 Å². The lowest BCUT2D eigenvalue weighted by Crippen LogP contribution is -2.33. The van der Waals surface area contributed by atoms with Crippen molar-refractivity contribution in [3.05, 3.63) is 53.8 Å². The molecule has 4 N–H and O–H groups in total. The van der Waals surface area contributed by atoms with Crippen molar-refractivity contribution in [3.8, 4) is 6.07 Å². The van der Waals surface area contributed by atoms with Crippen molar-refractivity contribution in [1.82, 2.24) is 4.37 Å². The zero-order valence-electron chi connectivity index (χ0n) is 22.8. The molecule has 0 spiro atoms. The Labute approximate surface area is 233 Å². The number of hydrogen-bond donors (Lipinski definition) is 4. The van der Waals surface area contributed by atoms with Gasteiger partial charge in [0.05, 0.1) is 30.2 Å². The average molecular weight is 557 g/mol. The molecular weight excluding hydrogens is 520 g/mol. The molecule has 1 heterocycles. The maximum absolute atomic E-state index is 12.5. The van der Waals surface area contributed by atoms with Crippen LogP contribution < -0.4 is 21.1 Å². The van der Waals surface area contributed by atoms with E-state index in [-0.39, 0.29) is 19.1 Å². The fourth-order valence-corrected chi connectivity index (χ4v) is 3.95. The van der Waals surface area contributed by atoms with Crippen LogP contribution in [-0.2, 0) is 19.1 Å². The SMILES string of the molecule is C=C(C)C(=O)OCCN(CCOC(O)C(=C)C)c1ccc(NNc2snc(C)c2C#N)c(NC(=O)CCC)c1. The van der Waals surface area contributed by atoms with Crippen molar-refractivity contribution in [3.63, 3.8) is 0 Å². The number of hydrazine groups is 1. The van der Waals surface area contributed by atoms with Crippen LogP contribution in [-0.4, -0.2) is 53.9 Å². The van der Waals surface area contributed by atoms with Gasteiger partial charge < -0.3 is 24.8 Å². The molecule has 1 atom stereocenters. The lowest BCUT2D eigenvalue weighted by molar-refractivity contribution is -0.138. The van der Waals surface area contributed by atoms with Crippen molar-refractivity contribution < 1.29 is 24.2 Å². The molecule has 0 fully saturated rings. The summed E-state index contributed by atoms with van der Waals surface area (Å²) in [7, 11) is 0. The number of aromatic nitrogens is 1. The molecule has 2 aromatic rings. The van der Waals surface area contributed by atoms with Crippen molar-refractivity contribution in [2.24, 2.45) is 0 Å². The van der Waals surface area contributed by atoms with Crippen LogP contribution in [0.3, 0.4) is 0 Å². The number of rotatable bonds is 16. The number of nitriles is 1. The van der Waals surface area contributed by atoms with Gasteiger partial charge in [0, 0.05) is 24.2 Å². The van der Waals surface area contributed by atoms with Crippen LogP contribution in [0, 0.1) is 18.3 Å². The lowest BCUT2D eigenvalue weighted by Gasteiger charge is -2.27. The van der Waals surface area contributed by atoms with Crippen LogP contribution in [0.15, 0.2) is 42.5 Å². The Bertz CT molecular complexity index is 1220. The van der Waals surface area contributed by atoms with E-state index in [2.05, 4.69) is 39.8 Å². The molecule has 1 aromatic carbocycles. The van der Waals surface area contributed by atoms with E-state index in [4.69, 9.17) is 9.47 Å². The van der Waals surface area contributed by atoms with Gasteiger partial charge in [-0.05, 0) is 62.5 Å². The number of nitrogens with one attached hydrogen (secondary N) is 3. The number of esters is 1. The third-order valence-corrected chi connectivity index (χ3v) is 6.26. The smallest absolute Gasteiger partial charge is 0.333 e. The van der Waals surface area contributed by atoms with Gasteiger partial charge in [0.2, 0.25) is 5.91 Å². The molecule has 0 bridgehead atoms. The summed E-state index contributed by atoms with van der Waals surface area (Å²) in [4.78, 5) is 26.3. The fraction of sp³-hybridized carbons (Fsp3) is 0.407. The number of anilines is 4. The van der Waals surface area contributed by atoms with Crippen molar-refractivity contribution in [1.29, 1.82) is 5.26 Å². The first-order valence-corrected chi connectivity index (χ1v) is 13.2. The number of aliphatic hydroxyl groups is 1. The Balaban J connectivity index is 2.30. The van der Waals surface area contributed by atoms with E-state index in [1.54, 1.807) is 32.9 Å². The second kappa shape index (κ2) is 15.5. The maximum Gasteiger partial charge on any atom is 0.333 e. The van der Waals surface area contributed by atoms with Crippen molar-refractivity contribution in [2.75, 3.05) is 47.4 Å². The number of carbonyl (C=O) groups excluding carboxylic acids is 2. The first kappa shape index (κ1) is 31.3. The zero-order chi connectivity index (χ0) is 28.9. The monoisotopic (exact) mass is 556 g/mol. The van der Waals surface area contributed by atoms with Crippen molar-refractivity contribution >= 4 is 45.5 Å². The van der Waals surface area contributed by atoms with Gasteiger partial charge in [-0.15, -0.1) is 0 Å². The first-order chi connectivity index (χ1) is 18.6. The van der Waals surface area contributed by atoms with Gasteiger partial charge in [-0.1, -0.05) is 20.1 Å². The number of amides is 1. The summed E-state index contributed by atoms with van der Waals surface area (Å²) in [6, 6.07) is 7.53. The summed E-state index contributed by atoms with van der Waals surface area (Å²) in [5.41, 5.74) is 9.71. The molecular formula is C27H36N6O5S. The highest BCUT2D eigenvalue weighted by molar-refractivity contribution is 7.10. The molecule has 1 amide bonds. The van der Waals surface area contributed by atoms with Crippen molar-refractivity contribution in [2.45, 2.75) is 46.8 Å². The third-order valence-electron chi connectivity index (χ3n) is 5.41. The molecule has 0 aliphatic carbocycles. The number of aryl methyl sites for hydroxylation is 1. The number of ether oxygens (including phenoxy) is 2. The number of benzene rings is 1. The van der Waals surface area contributed by atoms with E-state index in [1.807, 2.05) is 17.9 Å². The predicted molar refractivity (Wildman–Crippen MR) is 154 cm³/mol. The molecule has 2 rings (SSSR count). The van der Waals surface area contributed by atoms with E-state index in [0.29, 0.717) is 64.7 Å². The molecule has 39 heavy (non-hydrogen) atoms. The first-order valence-electron chi connectivity index (χ1n) is 12.4. The molecule has 0 saturated heterocycles.